The molecule has 1 saturated heterocycles. The van der Waals surface area contributed by atoms with E-state index in [1.807, 2.05) is 15.9 Å². The molecule has 0 unspecified atom stereocenters. The van der Waals surface area contributed by atoms with Crippen molar-refractivity contribution in [3.63, 3.8) is 0 Å². The van der Waals surface area contributed by atoms with E-state index in [0.29, 0.717) is 48.9 Å². The molecule has 0 aliphatic carbocycles. The lowest BCUT2D eigenvalue weighted by Crippen LogP contribution is -2.47. The molecule has 1 fully saturated rings. The molecule has 0 bridgehead atoms. The Kier molecular flexibility index (Phi) is 5.08. The molecule has 1 aliphatic heterocycles. The molecule has 1 aliphatic rings. The third kappa shape index (κ3) is 4.16. The highest BCUT2D eigenvalue weighted by atomic mass is 19.4. The second-order valence-electron chi connectivity index (χ2n) is 6.76. The van der Waals surface area contributed by atoms with Crippen molar-refractivity contribution in [2.75, 3.05) is 36.0 Å². The zero-order valence-corrected chi connectivity index (χ0v) is 15.4. The SMILES string of the molecule is Fc1ccccc1N1CCN(c2cncc(-c3ccc(C(F)(F)F)cc3)n2)CC1. The Morgan fingerprint density at radius 2 is 1.45 bits per heavy atom. The van der Waals surface area contributed by atoms with Gasteiger partial charge in [0.2, 0.25) is 0 Å². The van der Waals surface area contributed by atoms with E-state index in [0.717, 1.165) is 12.1 Å². The van der Waals surface area contributed by atoms with Crippen molar-refractivity contribution in [3.8, 4) is 11.3 Å². The zero-order valence-electron chi connectivity index (χ0n) is 15.4. The lowest BCUT2D eigenvalue weighted by molar-refractivity contribution is -0.137. The van der Waals surface area contributed by atoms with Crippen molar-refractivity contribution in [3.05, 3.63) is 72.3 Å². The minimum Gasteiger partial charge on any atom is -0.366 e. The highest BCUT2D eigenvalue weighted by Gasteiger charge is 2.30. The van der Waals surface area contributed by atoms with Gasteiger partial charge in [0.05, 0.1) is 29.3 Å². The molecule has 4 rings (SSSR count). The quantitative estimate of drug-likeness (QED) is 0.598. The van der Waals surface area contributed by atoms with E-state index in [1.54, 1.807) is 18.3 Å². The van der Waals surface area contributed by atoms with Crippen molar-refractivity contribution < 1.29 is 17.6 Å². The molecule has 1 aromatic heterocycles. The summed E-state index contributed by atoms with van der Waals surface area (Å²) in [5, 5.41) is 0. The minimum absolute atomic E-state index is 0.245. The predicted molar refractivity (Wildman–Crippen MR) is 103 cm³/mol. The first-order valence-electron chi connectivity index (χ1n) is 9.16. The number of hydrogen-bond donors (Lipinski definition) is 0. The van der Waals surface area contributed by atoms with Gasteiger partial charge in [-0.2, -0.15) is 13.2 Å². The van der Waals surface area contributed by atoms with Gasteiger partial charge in [0, 0.05) is 31.7 Å². The maximum absolute atomic E-state index is 14.0. The van der Waals surface area contributed by atoms with Crippen LogP contribution >= 0.6 is 0 Å². The first-order valence-corrected chi connectivity index (χ1v) is 9.16. The molecule has 0 atom stereocenters. The first-order chi connectivity index (χ1) is 13.9. The van der Waals surface area contributed by atoms with Gasteiger partial charge >= 0.3 is 6.18 Å². The maximum Gasteiger partial charge on any atom is 0.416 e. The van der Waals surface area contributed by atoms with Crippen LogP contribution in [0.1, 0.15) is 5.56 Å². The number of rotatable bonds is 3. The van der Waals surface area contributed by atoms with Crippen LogP contribution in [0.15, 0.2) is 60.9 Å². The molecule has 0 N–H and O–H groups in total. The first kappa shape index (κ1) is 19.2. The van der Waals surface area contributed by atoms with Crippen molar-refractivity contribution >= 4 is 11.5 Å². The highest BCUT2D eigenvalue weighted by Crippen LogP contribution is 2.31. The summed E-state index contributed by atoms with van der Waals surface area (Å²) in [5.41, 5.74) is 0.955. The van der Waals surface area contributed by atoms with Crippen molar-refractivity contribution in [1.29, 1.82) is 0 Å². The molecule has 4 nitrogen and oxygen atoms in total. The number of nitrogens with zero attached hydrogens (tertiary/aromatic N) is 4. The van der Waals surface area contributed by atoms with Gasteiger partial charge in [-0.05, 0) is 24.3 Å². The zero-order chi connectivity index (χ0) is 20.4. The van der Waals surface area contributed by atoms with E-state index in [2.05, 4.69) is 9.97 Å². The Morgan fingerprint density at radius 3 is 2.10 bits per heavy atom. The Balaban J connectivity index is 1.48. The number of alkyl halides is 3. The number of hydrogen-bond acceptors (Lipinski definition) is 4. The molecule has 0 spiro atoms. The van der Waals surface area contributed by atoms with Crippen LogP contribution in [0.5, 0.6) is 0 Å². The van der Waals surface area contributed by atoms with Gasteiger partial charge in [-0.3, -0.25) is 4.98 Å². The van der Waals surface area contributed by atoms with Crippen LogP contribution < -0.4 is 9.80 Å². The number of piperazine rings is 1. The smallest absolute Gasteiger partial charge is 0.366 e. The number of anilines is 2. The molecule has 2 aromatic carbocycles. The van der Waals surface area contributed by atoms with E-state index < -0.39 is 11.7 Å². The standard InChI is InChI=1S/C21H18F4N4/c22-17-3-1-2-4-19(17)28-9-11-29(12-10-28)20-14-26-13-18(27-20)15-5-7-16(8-6-15)21(23,24)25/h1-8,13-14H,9-12H2. The number of halogens is 4. The number of para-hydroxylation sites is 1. The molecule has 0 radical (unpaired) electrons. The summed E-state index contributed by atoms with van der Waals surface area (Å²) >= 11 is 0. The Morgan fingerprint density at radius 1 is 0.793 bits per heavy atom. The summed E-state index contributed by atoms with van der Waals surface area (Å²) in [7, 11) is 0. The highest BCUT2D eigenvalue weighted by molar-refractivity contribution is 5.61. The minimum atomic E-state index is -4.37. The molecule has 150 valence electrons. The molecule has 3 aromatic rings. The number of aromatic nitrogens is 2. The van der Waals surface area contributed by atoms with Crippen molar-refractivity contribution in [2.45, 2.75) is 6.18 Å². The monoisotopic (exact) mass is 402 g/mol. The maximum atomic E-state index is 14.0. The van der Waals surface area contributed by atoms with Gasteiger partial charge in [-0.25, -0.2) is 9.37 Å². The fraction of sp³-hybridized carbons (Fsp3) is 0.238. The molecular weight excluding hydrogens is 384 g/mol. The fourth-order valence-corrected chi connectivity index (χ4v) is 3.36. The van der Waals surface area contributed by atoms with Crippen LogP contribution in [-0.2, 0) is 6.18 Å². The van der Waals surface area contributed by atoms with Crippen LogP contribution in [0, 0.1) is 5.82 Å². The van der Waals surface area contributed by atoms with Crippen LogP contribution in [0.3, 0.4) is 0 Å². The molecule has 29 heavy (non-hydrogen) atoms. The fourth-order valence-electron chi connectivity index (χ4n) is 3.36. The lowest BCUT2D eigenvalue weighted by atomic mass is 10.1. The molecular formula is C21H18F4N4. The summed E-state index contributed by atoms with van der Waals surface area (Å²) in [4.78, 5) is 12.8. The largest absolute Gasteiger partial charge is 0.416 e. The molecule has 2 heterocycles. The van der Waals surface area contributed by atoms with Crippen LogP contribution in [-0.4, -0.2) is 36.1 Å². The van der Waals surface area contributed by atoms with Crippen LogP contribution in [0.25, 0.3) is 11.3 Å². The van der Waals surface area contributed by atoms with Gasteiger partial charge in [-0.1, -0.05) is 24.3 Å². The van der Waals surface area contributed by atoms with Gasteiger partial charge in [0.25, 0.3) is 0 Å². The molecule has 0 amide bonds. The summed E-state index contributed by atoms with van der Waals surface area (Å²) in [6, 6.07) is 11.5. The van der Waals surface area contributed by atoms with Crippen molar-refractivity contribution in [1.82, 2.24) is 9.97 Å². The normalized spacial score (nSPS) is 14.9. The lowest BCUT2D eigenvalue weighted by Gasteiger charge is -2.36. The van der Waals surface area contributed by atoms with E-state index in [-0.39, 0.29) is 5.82 Å². The van der Waals surface area contributed by atoms with Gasteiger partial charge in [0.1, 0.15) is 11.6 Å². The number of benzene rings is 2. The van der Waals surface area contributed by atoms with Crippen LogP contribution in [0.2, 0.25) is 0 Å². The van der Waals surface area contributed by atoms with Gasteiger partial charge in [-0.15, -0.1) is 0 Å². The van der Waals surface area contributed by atoms with Gasteiger partial charge in [0.15, 0.2) is 0 Å². The average Bonchev–Trinajstić information content (AvgIpc) is 2.74. The average molecular weight is 402 g/mol. The van der Waals surface area contributed by atoms with Crippen molar-refractivity contribution in [2.24, 2.45) is 0 Å². The second-order valence-corrected chi connectivity index (χ2v) is 6.76. The van der Waals surface area contributed by atoms with Crippen LogP contribution in [0.4, 0.5) is 29.1 Å². The summed E-state index contributed by atoms with van der Waals surface area (Å²) < 4.78 is 52.2. The second kappa shape index (κ2) is 7.69. The third-order valence-electron chi connectivity index (χ3n) is 4.93. The van der Waals surface area contributed by atoms with Gasteiger partial charge < -0.3 is 9.80 Å². The van der Waals surface area contributed by atoms with E-state index in [1.165, 1.54) is 24.4 Å². The summed E-state index contributed by atoms with van der Waals surface area (Å²) in [5.74, 6) is 0.403. The predicted octanol–water partition coefficient (Wildman–Crippen LogP) is 4.63. The Bertz CT molecular complexity index is 980. The Labute approximate surface area is 165 Å². The summed E-state index contributed by atoms with van der Waals surface area (Å²) in [6.07, 6.45) is -1.21. The van der Waals surface area contributed by atoms with E-state index >= 15 is 0 Å². The molecule has 8 heteroatoms. The topological polar surface area (TPSA) is 32.3 Å². The van der Waals surface area contributed by atoms with E-state index in [9.17, 15) is 17.6 Å². The summed E-state index contributed by atoms with van der Waals surface area (Å²) in [6.45, 7) is 2.54. The third-order valence-corrected chi connectivity index (χ3v) is 4.93. The van der Waals surface area contributed by atoms with E-state index in [4.69, 9.17) is 0 Å². The Hall–Kier alpha value is -3.16. The molecule has 0 saturated carbocycles.